The maximum Gasteiger partial charge on any atom is 0.335 e. The number of amides is 4. The molecule has 1 aliphatic heterocycles. The van der Waals surface area contributed by atoms with Gasteiger partial charge in [-0.25, -0.2) is 9.69 Å². The minimum Gasteiger partial charge on any atom is -0.318 e. The lowest BCUT2D eigenvalue weighted by Gasteiger charge is -2.26. The van der Waals surface area contributed by atoms with Crippen molar-refractivity contribution in [2.45, 2.75) is 40.0 Å². The predicted molar refractivity (Wildman–Crippen MR) is 147 cm³/mol. The normalized spacial score (nSPS) is 15.9. The van der Waals surface area contributed by atoms with Crippen molar-refractivity contribution >= 4 is 40.4 Å². The van der Waals surface area contributed by atoms with Gasteiger partial charge in [0.05, 0.1) is 5.69 Å². The Morgan fingerprint density at radius 2 is 1.54 bits per heavy atom. The third-order valence-corrected chi connectivity index (χ3v) is 7.20. The van der Waals surface area contributed by atoms with Crippen LogP contribution < -0.4 is 10.2 Å². The summed E-state index contributed by atoms with van der Waals surface area (Å²) in [6.07, 6.45) is 2.56. The molecule has 1 fully saturated rings. The molecule has 1 aromatic heterocycles. The third kappa shape index (κ3) is 4.35. The molecule has 0 aliphatic carbocycles. The molecule has 6 heteroatoms. The summed E-state index contributed by atoms with van der Waals surface area (Å²) in [6, 6.07) is 23.0. The Labute approximate surface area is 216 Å². The standard InChI is InChI=1S/C31H29N3O3/c1-5-19(2)22-10-13-26(14-11-22)34-30(36)28(29(35)32-31(34)37)18-25-16-20(3)33(21(25)4)27-15-12-23-8-6-7-9-24(23)17-27/h6-19H,5H2,1-4H3,(H,32,35,37). The van der Waals surface area contributed by atoms with Crippen molar-refractivity contribution in [3.8, 4) is 5.69 Å². The average Bonchev–Trinajstić information content (AvgIpc) is 3.18. The number of benzene rings is 3. The summed E-state index contributed by atoms with van der Waals surface area (Å²) in [5, 5.41) is 4.60. The van der Waals surface area contributed by atoms with E-state index in [9.17, 15) is 14.4 Å². The molecular weight excluding hydrogens is 462 g/mol. The highest BCUT2D eigenvalue weighted by atomic mass is 16.2. The molecule has 1 aliphatic rings. The first kappa shape index (κ1) is 24.3. The maximum atomic E-state index is 13.4. The second-order valence-electron chi connectivity index (χ2n) is 9.55. The van der Waals surface area contributed by atoms with Crippen molar-refractivity contribution in [3.05, 3.63) is 101 Å². The first-order valence-electron chi connectivity index (χ1n) is 12.5. The van der Waals surface area contributed by atoms with Crippen LogP contribution in [0.2, 0.25) is 0 Å². The number of barbiturate groups is 1. The predicted octanol–water partition coefficient (Wildman–Crippen LogP) is 6.43. The van der Waals surface area contributed by atoms with Gasteiger partial charge in [0.1, 0.15) is 5.57 Å². The summed E-state index contributed by atoms with van der Waals surface area (Å²) >= 11 is 0. The second-order valence-corrected chi connectivity index (χ2v) is 9.55. The fourth-order valence-corrected chi connectivity index (χ4v) is 4.88. The number of anilines is 1. The van der Waals surface area contributed by atoms with Gasteiger partial charge in [0.15, 0.2) is 0 Å². The van der Waals surface area contributed by atoms with Crippen molar-refractivity contribution in [1.29, 1.82) is 0 Å². The number of urea groups is 1. The smallest absolute Gasteiger partial charge is 0.318 e. The van der Waals surface area contributed by atoms with E-state index in [0.717, 1.165) is 50.3 Å². The van der Waals surface area contributed by atoms with E-state index in [2.05, 4.69) is 54.1 Å². The minimum absolute atomic E-state index is 0.0793. The van der Waals surface area contributed by atoms with Crippen LogP contribution in [-0.4, -0.2) is 22.4 Å². The van der Waals surface area contributed by atoms with Gasteiger partial charge in [-0.3, -0.25) is 14.9 Å². The van der Waals surface area contributed by atoms with E-state index < -0.39 is 17.8 Å². The molecular formula is C31H29N3O3. The lowest BCUT2D eigenvalue weighted by atomic mass is 9.98. The quantitative estimate of drug-likeness (QED) is 0.258. The van der Waals surface area contributed by atoms with Crippen molar-refractivity contribution in [3.63, 3.8) is 0 Å². The Morgan fingerprint density at radius 3 is 2.24 bits per heavy atom. The molecule has 2 heterocycles. The number of aryl methyl sites for hydroxylation is 1. The highest BCUT2D eigenvalue weighted by Gasteiger charge is 2.37. The summed E-state index contributed by atoms with van der Waals surface area (Å²) in [4.78, 5) is 39.8. The summed E-state index contributed by atoms with van der Waals surface area (Å²) < 4.78 is 2.10. The van der Waals surface area contributed by atoms with Crippen LogP contribution in [0.1, 0.15) is 48.7 Å². The van der Waals surface area contributed by atoms with Crippen LogP contribution >= 0.6 is 0 Å². The maximum absolute atomic E-state index is 13.4. The lowest BCUT2D eigenvalue weighted by molar-refractivity contribution is -0.122. The van der Waals surface area contributed by atoms with E-state index >= 15 is 0 Å². The molecule has 1 atom stereocenters. The van der Waals surface area contributed by atoms with Gasteiger partial charge in [0, 0.05) is 17.1 Å². The van der Waals surface area contributed by atoms with E-state index in [0.29, 0.717) is 11.6 Å². The van der Waals surface area contributed by atoms with Crippen molar-refractivity contribution < 1.29 is 14.4 Å². The molecule has 37 heavy (non-hydrogen) atoms. The van der Waals surface area contributed by atoms with Crippen LogP contribution in [-0.2, 0) is 9.59 Å². The Balaban J connectivity index is 1.51. The number of hydrogen-bond acceptors (Lipinski definition) is 3. The zero-order valence-electron chi connectivity index (χ0n) is 21.4. The largest absolute Gasteiger partial charge is 0.335 e. The fourth-order valence-electron chi connectivity index (χ4n) is 4.88. The first-order valence-corrected chi connectivity index (χ1v) is 12.5. The van der Waals surface area contributed by atoms with Crippen LogP contribution in [0.3, 0.4) is 0 Å². The van der Waals surface area contributed by atoms with Gasteiger partial charge in [-0.05, 0) is 84.5 Å². The van der Waals surface area contributed by atoms with E-state index in [4.69, 9.17) is 0 Å². The Morgan fingerprint density at radius 1 is 0.865 bits per heavy atom. The van der Waals surface area contributed by atoms with Gasteiger partial charge in [0.2, 0.25) is 0 Å². The van der Waals surface area contributed by atoms with Gasteiger partial charge in [0.25, 0.3) is 11.8 Å². The van der Waals surface area contributed by atoms with Crippen LogP contribution in [0, 0.1) is 13.8 Å². The molecule has 6 nitrogen and oxygen atoms in total. The Hall–Kier alpha value is -4.45. The number of hydrogen-bond donors (Lipinski definition) is 1. The Kier molecular flexibility index (Phi) is 6.25. The Bertz CT molecular complexity index is 1580. The van der Waals surface area contributed by atoms with Crippen LogP contribution in [0.5, 0.6) is 0 Å². The van der Waals surface area contributed by atoms with E-state index in [-0.39, 0.29) is 5.57 Å². The van der Waals surface area contributed by atoms with Gasteiger partial charge in [-0.2, -0.15) is 0 Å². The van der Waals surface area contributed by atoms with Crippen LogP contribution in [0.15, 0.2) is 78.4 Å². The van der Waals surface area contributed by atoms with Gasteiger partial charge < -0.3 is 4.57 Å². The van der Waals surface area contributed by atoms with Crippen molar-refractivity contribution in [2.24, 2.45) is 0 Å². The highest BCUT2D eigenvalue weighted by Crippen LogP contribution is 2.28. The number of aromatic nitrogens is 1. The number of carbonyl (C=O) groups is 3. The lowest BCUT2D eigenvalue weighted by Crippen LogP contribution is -2.54. The van der Waals surface area contributed by atoms with Crippen molar-refractivity contribution in [2.75, 3.05) is 4.90 Å². The van der Waals surface area contributed by atoms with Crippen molar-refractivity contribution in [1.82, 2.24) is 9.88 Å². The van der Waals surface area contributed by atoms with E-state index in [1.165, 1.54) is 0 Å². The monoisotopic (exact) mass is 491 g/mol. The SMILES string of the molecule is CCC(C)c1ccc(N2C(=O)NC(=O)C(=Cc3cc(C)n(-c4ccc5ccccc5c4)c3C)C2=O)cc1. The van der Waals surface area contributed by atoms with E-state index in [1.54, 1.807) is 18.2 Å². The molecule has 3 aromatic carbocycles. The minimum atomic E-state index is -0.745. The molecule has 4 amide bonds. The zero-order valence-corrected chi connectivity index (χ0v) is 21.4. The molecule has 0 saturated carbocycles. The number of nitrogens with one attached hydrogen (secondary N) is 1. The number of carbonyl (C=O) groups excluding carboxylic acids is 3. The third-order valence-electron chi connectivity index (χ3n) is 7.20. The molecule has 4 aromatic rings. The highest BCUT2D eigenvalue weighted by molar-refractivity contribution is 6.39. The summed E-state index contributed by atoms with van der Waals surface area (Å²) in [7, 11) is 0. The average molecular weight is 492 g/mol. The van der Waals surface area contributed by atoms with Gasteiger partial charge in [-0.15, -0.1) is 0 Å². The fraction of sp³-hybridized carbons (Fsp3) is 0.194. The van der Waals surface area contributed by atoms with Gasteiger partial charge in [-0.1, -0.05) is 56.3 Å². The summed E-state index contributed by atoms with van der Waals surface area (Å²) in [6.45, 7) is 8.18. The molecule has 1 N–H and O–H groups in total. The zero-order chi connectivity index (χ0) is 26.3. The summed E-state index contributed by atoms with van der Waals surface area (Å²) in [5.74, 6) is -0.964. The first-order chi connectivity index (χ1) is 17.8. The molecule has 1 saturated heterocycles. The molecule has 0 radical (unpaired) electrons. The number of fused-ring (bicyclic) bond motifs is 1. The number of imide groups is 2. The topological polar surface area (TPSA) is 71.4 Å². The van der Waals surface area contributed by atoms with E-state index in [1.807, 2.05) is 44.2 Å². The number of rotatable bonds is 5. The molecule has 5 rings (SSSR count). The van der Waals surface area contributed by atoms with Crippen LogP contribution in [0.25, 0.3) is 22.5 Å². The summed E-state index contributed by atoms with van der Waals surface area (Å²) in [5.41, 5.74) is 5.07. The molecule has 0 bridgehead atoms. The number of nitrogens with zero attached hydrogens (tertiary/aromatic N) is 2. The molecule has 0 spiro atoms. The molecule has 186 valence electrons. The van der Waals surface area contributed by atoms with Crippen LogP contribution in [0.4, 0.5) is 10.5 Å². The second kappa shape index (κ2) is 9.54. The molecule has 1 unspecified atom stereocenters. The van der Waals surface area contributed by atoms with Gasteiger partial charge >= 0.3 is 6.03 Å².